The number of amides is 2. The van der Waals surface area contributed by atoms with Crippen LogP contribution >= 0.6 is 0 Å². The zero-order valence-corrected chi connectivity index (χ0v) is 14.6. The summed E-state index contributed by atoms with van der Waals surface area (Å²) >= 11 is 0. The Kier molecular flexibility index (Phi) is 5.21. The maximum Gasteiger partial charge on any atom is 0.254 e. The van der Waals surface area contributed by atoms with Crippen LogP contribution in [0.4, 0.5) is 4.39 Å². The van der Waals surface area contributed by atoms with E-state index >= 15 is 0 Å². The molecular formula is C20H21FN2O3. The van der Waals surface area contributed by atoms with Crippen LogP contribution in [-0.2, 0) is 17.8 Å². The number of primary amides is 1. The molecule has 3 rings (SSSR count). The van der Waals surface area contributed by atoms with Gasteiger partial charge >= 0.3 is 0 Å². The van der Waals surface area contributed by atoms with Crippen LogP contribution in [0.25, 0.3) is 0 Å². The average molecular weight is 356 g/mol. The third kappa shape index (κ3) is 3.69. The van der Waals surface area contributed by atoms with Crippen LogP contribution in [-0.4, -0.2) is 29.3 Å². The maximum atomic E-state index is 12.9. The molecular weight excluding hydrogens is 335 g/mol. The topological polar surface area (TPSA) is 72.6 Å². The quantitative estimate of drug-likeness (QED) is 0.865. The first kappa shape index (κ1) is 17.9. The fourth-order valence-electron chi connectivity index (χ4n) is 3.19. The number of halogens is 1. The molecule has 1 aliphatic rings. The Morgan fingerprint density at radius 3 is 2.65 bits per heavy atom. The van der Waals surface area contributed by atoms with Gasteiger partial charge in [0, 0.05) is 12.1 Å². The normalized spacial score (nSPS) is 14.7. The van der Waals surface area contributed by atoms with E-state index in [1.165, 1.54) is 12.1 Å². The molecule has 0 saturated heterocycles. The molecule has 0 bridgehead atoms. The number of fused-ring (bicyclic) bond motifs is 1. The molecule has 2 N–H and O–H groups in total. The molecule has 2 aromatic carbocycles. The molecule has 0 unspecified atom stereocenters. The van der Waals surface area contributed by atoms with Gasteiger partial charge in [-0.2, -0.15) is 0 Å². The molecule has 136 valence electrons. The molecule has 0 fully saturated rings. The minimum atomic E-state index is -0.579. The van der Waals surface area contributed by atoms with Gasteiger partial charge in [-0.15, -0.1) is 0 Å². The summed E-state index contributed by atoms with van der Waals surface area (Å²) in [6.45, 7) is 2.61. The average Bonchev–Trinajstić information content (AvgIpc) is 2.63. The predicted molar refractivity (Wildman–Crippen MR) is 95.2 cm³/mol. The van der Waals surface area contributed by atoms with Crippen LogP contribution in [0.2, 0.25) is 0 Å². The van der Waals surface area contributed by atoms with Gasteiger partial charge in [0.15, 0.2) is 0 Å². The highest BCUT2D eigenvalue weighted by Crippen LogP contribution is 2.26. The Balaban J connectivity index is 1.72. The van der Waals surface area contributed by atoms with Crippen molar-refractivity contribution in [2.24, 2.45) is 5.73 Å². The Labute approximate surface area is 151 Å². The Bertz CT molecular complexity index is 820. The van der Waals surface area contributed by atoms with Crippen molar-refractivity contribution in [3.8, 4) is 5.75 Å². The summed E-state index contributed by atoms with van der Waals surface area (Å²) in [5, 5.41) is 0. The number of benzene rings is 2. The van der Waals surface area contributed by atoms with Gasteiger partial charge in [-0.05, 0) is 54.3 Å². The highest BCUT2D eigenvalue weighted by Gasteiger charge is 2.32. The monoisotopic (exact) mass is 356 g/mol. The lowest BCUT2D eigenvalue weighted by molar-refractivity contribution is -0.122. The lowest BCUT2D eigenvalue weighted by Gasteiger charge is -2.33. The first-order chi connectivity index (χ1) is 12.5. The minimum absolute atomic E-state index is 0.179. The second-order valence-corrected chi connectivity index (χ2v) is 6.31. The first-order valence-electron chi connectivity index (χ1n) is 8.60. The Morgan fingerprint density at radius 1 is 1.27 bits per heavy atom. The largest absolute Gasteiger partial charge is 0.489 e. The molecule has 0 saturated carbocycles. The van der Waals surface area contributed by atoms with Crippen LogP contribution in [0, 0.1) is 5.82 Å². The number of hydrogen-bond donors (Lipinski definition) is 1. The molecule has 6 heteroatoms. The van der Waals surface area contributed by atoms with Crippen molar-refractivity contribution in [3.63, 3.8) is 0 Å². The van der Waals surface area contributed by atoms with E-state index in [2.05, 4.69) is 0 Å². The lowest BCUT2D eigenvalue weighted by atomic mass is 9.96. The molecule has 2 amide bonds. The van der Waals surface area contributed by atoms with Gasteiger partial charge in [-0.3, -0.25) is 9.59 Å². The summed E-state index contributed by atoms with van der Waals surface area (Å²) in [7, 11) is 0. The van der Waals surface area contributed by atoms with E-state index in [0.717, 1.165) is 11.1 Å². The van der Waals surface area contributed by atoms with Gasteiger partial charge in [0.25, 0.3) is 5.91 Å². The van der Waals surface area contributed by atoms with E-state index in [4.69, 9.17) is 10.5 Å². The molecule has 5 nitrogen and oxygen atoms in total. The van der Waals surface area contributed by atoms with E-state index < -0.39 is 11.9 Å². The van der Waals surface area contributed by atoms with E-state index in [9.17, 15) is 14.0 Å². The van der Waals surface area contributed by atoms with E-state index in [1.54, 1.807) is 29.2 Å². The van der Waals surface area contributed by atoms with E-state index in [1.807, 2.05) is 13.0 Å². The first-order valence-corrected chi connectivity index (χ1v) is 8.60. The van der Waals surface area contributed by atoms with Crippen molar-refractivity contribution in [2.45, 2.75) is 32.4 Å². The van der Waals surface area contributed by atoms with Crippen LogP contribution in [0.1, 0.15) is 34.8 Å². The SMILES string of the molecule is CC[C@@H](C(N)=O)N1CCc2cc(OCc3ccc(F)cc3)ccc2C1=O. The fraction of sp³-hybridized carbons (Fsp3) is 0.300. The van der Waals surface area contributed by atoms with E-state index in [0.29, 0.717) is 37.3 Å². The van der Waals surface area contributed by atoms with Gasteiger partial charge in [0.2, 0.25) is 5.91 Å². The summed E-state index contributed by atoms with van der Waals surface area (Å²) in [4.78, 5) is 25.8. The number of nitrogens with zero attached hydrogens (tertiary/aromatic N) is 1. The highest BCUT2D eigenvalue weighted by molar-refractivity contribution is 5.99. The molecule has 0 aromatic heterocycles. The predicted octanol–water partition coefficient (Wildman–Crippen LogP) is 2.67. The van der Waals surface area contributed by atoms with Crippen molar-refractivity contribution in [2.75, 3.05) is 6.54 Å². The van der Waals surface area contributed by atoms with Gasteiger partial charge < -0.3 is 15.4 Å². The number of rotatable bonds is 6. The minimum Gasteiger partial charge on any atom is -0.489 e. The van der Waals surface area contributed by atoms with Crippen molar-refractivity contribution in [3.05, 3.63) is 65.0 Å². The van der Waals surface area contributed by atoms with Gasteiger partial charge in [-0.25, -0.2) is 4.39 Å². The summed E-state index contributed by atoms with van der Waals surface area (Å²) < 4.78 is 18.7. The molecule has 1 heterocycles. The third-order valence-corrected chi connectivity index (χ3v) is 4.60. The third-order valence-electron chi connectivity index (χ3n) is 4.60. The molecule has 1 aliphatic heterocycles. The van der Waals surface area contributed by atoms with Crippen LogP contribution in [0.15, 0.2) is 42.5 Å². The Hall–Kier alpha value is -2.89. The second-order valence-electron chi connectivity index (χ2n) is 6.31. The fourth-order valence-corrected chi connectivity index (χ4v) is 3.19. The van der Waals surface area contributed by atoms with Crippen LogP contribution in [0.5, 0.6) is 5.75 Å². The number of ether oxygens (including phenoxy) is 1. The summed E-state index contributed by atoms with van der Waals surface area (Å²) in [5.74, 6) is -0.297. The lowest BCUT2D eigenvalue weighted by Crippen LogP contribution is -2.50. The second kappa shape index (κ2) is 7.56. The van der Waals surface area contributed by atoms with Crippen molar-refractivity contribution < 1.29 is 18.7 Å². The summed E-state index contributed by atoms with van der Waals surface area (Å²) in [6.07, 6.45) is 1.13. The van der Waals surface area contributed by atoms with Gasteiger partial charge in [-0.1, -0.05) is 19.1 Å². The summed E-state index contributed by atoms with van der Waals surface area (Å²) in [6, 6.07) is 10.8. The zero-order valence-electron chi connectivity index (χ0n) is 14.6. The van der Waals surface area contributed by atoms with Crippen molar-refractivity contribution in [1.29, 1.82) is 0 Å². The molecule has 26 heavy (non-hydrogen) atoms. The molecule has 0 radical (unpaired) electrons. The molecule has 1 atom stereocenters. The van der Waals surface area contributed by atoms with Gasteiger partial charge in [0.05, 0.1) is 0 Å². The number of carbonyl (C=O) groups is 2. The van der Waals surface area contributed by atoms with Gasteiger partial charge in [0.1, 0.15) is 24.2 Å². The summed E-state index contributed by atoms with van der Waals surface area (Å²) in [5.41, 5.74) is 7.74. The standard InChI is InChI=1S/C20H21FN2O3/c1-2-18(19(22)24)23-10-9-14-11-16(7-8-17(14)20(23)25)26-12-13-3-5-15(21)6-4-13/h3-8,11,18H,2,9-10,12H2,1H3,(H2,22,24)/t18-/m0/s1. The Morgan fingerprint density at radius 2 is 2.00 bits per heavy atom. The molecule has 0 aliphatic carbocycles. The smallest absolute Gasteiger partial charge is 0.254 e. The number of hydrogen-bond acceptors (Lipinski definition) is 3. The van der Waals surface area contributed by atoms with Crippen LogP contribution < -0.4 is 10.5 Å². The molecule has 2 aromatic rings. The van der Waals surface area contributed by atoms with Crippen molar-refractivity contribution in [1.82, 2.24) is 4.90 Å². The maximum absolute atomic E-state index is 12.9. The molecule has 0 spiro atoms. The van der Waals surface area contributed by atoms with Crippen LogP contribution in [0.3, 0.4) is 0 Å². The van der Waals surface area contributed by atoms with Crippen molar-refractivity contribution >= 4 is 11.8 Å². The number of carbonyl (C=O) groups excluding carboxylic acids is 2. The zero-order chi connectivity index (χ0) is 18.7. The number of nitrogens with two attached hydrogens (primary N) is 1. The highest BCUT2D eigenvalue weighted by atomic mass is 19.1. The van der Waals surface area contributed by atoms with E-state index in [-0.39, 0.29) is 11.7 Å².